The van der Waals surface area contributed by atoms with Gasteiger partial charge in [0.25, 0.3) is 0 Å². The third-order valence-corrected chi connectivity index (χ3v) is 8.63. The maximum Gasteiger partial charge on any atom is 0.151 e. The Hall–Kier alpha value is -0.420. The van der Waals surface area contributed by atoms with Crippen LogP contribution in [0.3, 0.4) is 0 Å². The van der Waals surface area contributed by atoms with Crippen LogP contribution in [0.4, 0.5) is 0 Å². The highest BCUT2D eigenvalue weighted by Crippen LogP contribution is 2.85. The topological polar surface area (TPSA) is 54.5 Å². The monoisotopic (exact) mass is 299 g/mol. The molecule has 0 bridgehead atoms. The van der Waals surface area contributed by atoms with E-state index in [1.807, 2.05) is 6.92 Å². The van der Waals surface area contributed by atoms with E-state index < -0.39 is 9.84 Å². The molecule has 1 saturated carbocycles. The van der Waals surface area contributed by atoms with E-state index in [4.69, 9.17) is 0 Å². The standard InChI is InChI=1S/C15H25NO3S/c1-5-12(17)11-7-14(8-16(11)6-2)13(3,4)15(14)9-20(18,19)10-15/h11H,5-10H2,1-4H3/t11-,14-/m0/s1. The normalized spacial score (nSPS) is 39.9. The Bertz CT molecular complexity index is 554. The second-order valence-electron chi connectivity index (χ2n) is 7.42. The molecule has 0 N–H and O–H groups in total. The van der Waals surface area contributed by atoms with Crippen molar-refractivity contribution in [3.63, 3.8) is 0 Å². The second kappa shape index (κ2) is 3.86. The fourth-order valence-electron chi connectivity index (χ4n) is 5.27. The van der Waals surface area contributed by atoms with Crippen molar-refractivity contribution in [1.29, 1.82) is 0 Å². The van der Waals surface area contributed by atoms with Gasteiger partial charge in [0.1, 0.15) is 5.78 Å². The fraction of sp³-hybridized carbons (Fsp3) is 0.933. The van der Waals surface area contributed by atoms with E-state index in [0.29, 0.717) is 23.7 Å². The summed E-state index contributed by atoms with van der Waals surface area (Å²) in [4.78, 5) is 14.5. The first kappa shape index (κ1) is 14.5. The second-order valence-corrected chi connectivity index (χ2v) is 9.49. The van der Waals surface area contributed by atoms with Crippen LogP contribution in [0.5, 0.6) is 0 Å². The molecule has 4 nitrogen and oxygen atoms in total. The van der Waals surface area contributed by atoms with Crippen molar-refractivity contribution < 1.29 is 13.2 Å². The number of Topliss-reactive ketones (excluding diaryl/α,β-unsaturated/α-hetero) is 1. The van der Waals surface area contributed by atoms with Gasteiger partial charge in [0.2, 0.25) is 0 Å². The van der Waals surface area contributed by atoms with Crippen molar-refractivity contribution >= 4 is 15.6 Å². The van der Waals surface area contributed by atoms with E-state index in [2.05, 4.69) is 25.7 Å². The summed E-state index contributed by atoms with van der Waals surface area (Å²) in [5.74, 6) is 0.971. The van der Waals surface area contributed by atoms with Gasteiger partial charge in [-0.3, -0.25) is 9.69 Å². The molecule has 5 heteroatoms. The number of carbonyl (C=O) groups is 1. The minimum Gasteiger partial charge on any atom is -0.298 e. The van der Waals surface area contributed by atoms with E-state index in [9.17, 15) is 13.2 Å². The molecular weight excluding hydrogens is 274 g/mol. The van der Waals surface area contributed by atoms with E-state index in [-0.39, 0.29) is 22.3 Å². The summed E-state index contributed by atoms with van der Waals surface area (Å²) in [6.45, 7) is 10.2. The highest BCUT2D eigenvalue weighted by Gasteiger charge is 2.88. The fourth-order valence-corrected chi connectivity index (χ4v) is 7.96. The molecule has 0 amide bonds. The lowest BCUT2D eigenvalue weighted by atomic mass is 9.90. The zero-order chi connectivity index (χ0) is 15.0. The van der Waals surface area contributed by atoms with Crippen molar-refractivity contribution in [1.82, 2.24) is 4.90 Å². The number of nitrogens with zero attached hydrogens (tertiary/aromatic N) is 1. The molecule has 0 aromatic carbocycles. The molecule has 2 heterocycles. The first-order chi connectivity index (χ1) is 9.16. The zero-order valence-corrected chi connectivity index (χ0v) is 13.7. The van der Waals surface area contributed by atoms with Crippen LogP contribution in [0.15, 0.2) is 0 Å². The Morgan fingerprint density at radius 3 is 2.25 bits per heavy atom. The summed E-state index contributed by atoms with van der Waals surface area (Å²) in [5.41, 5.74) is 0.0212. The van der Waals surface area contributed by atoms with Gasteiger partial charge in [-0.25, -0.2) is 8.42 Å². The molecule has 0 aromatic heterocycles. The van der Waals surface area contributed by atoms with E-state index in [1.54, 1.807) is 0 Å². The highest BCUT2D eigenvalue weighted by molar-refractivity contribution is 7.92. The highest BCUT2D eigenvalue weighted by atomic mass is 32.2. The van der Waals surface area contributed by atoms with Crippen LogP contribution < -0.4 is 0 Å². The molecule has 2 aliphatic heterocycles. The lowest BCUT2D eigenvalue weighted by molar-refractivity contribution is -0.123. The molecule has 3 aliphatic rings. The molecule has 1 aliphatic carbocycles. The van der Waals surface area contributed by atoms with Gasteiger partial charge in [0, 0.05) is 18.4 Å². The van der Waals surface area contributed by atoms with Crippen molar-refractivity contribution in [2.45, 2.75) is 46.6 Å². The summed E-state index contributed by atoms with van der Waals surface area (Å²) in [6, 6.07) is 0.00644. The molecule has 3 rings (SSSR count). The minimum absolute atomic E-state index is 0.00644. The van der Waals surface area contributed by atoms with Gasteiger partial charge in [-0.05, 0) is 23.8 Å². The smallest absolute Gasteiger partial charge is 0.151 e. The van der Waals surface area contributed by atoms with Crippen molar-refractivity contribution in [3.8, 4) is 0 Å². The Kier molecular flexibility index (Phi) is 2.80. The van der Waals surface area contributed by atoms with E-state index in [1.165, 1.54) is 0 Å². The van der Waals surface area contributed by atoms with Gasteiger partial charge >= 0.3 is 0 Å². The van der Waals surface area contributed by atoms with Crippen LogP contribution in [0.25, 0.3) is 0 Å². The lowest BCUT2D eigenvalue weighted by Gasteiger charge is -2.31. The number of hydrogen-bond donors (Lipinski definition) is 0. The first-order valence-corrected chi connectivity index (χ1v) is 9.46. The van der Waals surface area contributed by atoms with Crippen molar-refractivity contribution in [3.05, 3.63) is 0 Å². The van der Waals surface area contributed by atoms with Gasteiger partial charge in [-0.1, -0.05) is 27.7 Å². The number of likely N-dealkylation sites (N-methyl/N-ethyl adjacent to an activating group) is 1. The van der Waals surface area contributed by atoms with Gasteiger partial charge < -0.3 is 0 Å². The predicted molar refractivity (Wildman–Crippen MR) is 78.3 cm³/mol. The molecular formula is C15H25NO3S. The summed E-state index contributed by atoms with van der Waals surface area (Å²) < 4.78 is 23.4. The molecule has 2 atom stereocenters. The molecule has 3 fully saturated rings. The van der Waals surface area contributed by atoms with Crippen LogP contribution in [0.1, 0.15) is 40.5 Å². The number of fused-ring (bicyclic) bond motifs is 1. The number of ketones is 1. The van der Waals surface area contributed by atoms with Crippen molar-refractivity contribution in [2.75, 3.05) is 24.6 Å². The molecule has 0 radical (unpaired) electrons. The quantitative estimate of drug-likeness (QED) is 0.792. The average Bonchev–Trinajstić information content (AvgIpc) is 2.69. The van der Waals surface area contributed by atoms with Crippen LogP contribution in [-0.2, 0) is 14.6 Å². The average molecular weight is 299 g/mol. The van der Waals surface area contributed by atoms with Gasteiger partial charge in [-0.2, -0.15) is 0 Å². The van der Waals surface area contributed by atoms with Gasteiger partial charge in [0.15, 0.2) is 9.84 Å². The van der Waals surface area contributed by atoms with Crippen LogP contribution in [0, 0.1) is 16.2 Å². The van der Waals surface area contributed by atoms with Crippen LogP contribution in [0.2, 0.25) is 0 Å². The maximum atomic E-state index is 12.2. The number of hydrogen-bond acceptors (Lipinski definition) is 4. The lowest BCUT2D eigenvalue weighted by Crippen LogP contribution is -2.44. The van der Waals surface area contributed by atoms with Crippen LogP contribution in [-0.4, -0.2) is 49.7 Å². The minimum atomic E-state index is -2.83. The summed E-state index contributed by atoms with van der Waals surface area (Å²) in [6.07, 6.45) is 1.43. The van der Waals surface area contributed by atoms with Gasteiger partial charge in [0.05, 0.1) is 17.5 Å². The zero-order valence-electron chi connectivity index (χ0n) is 12.9. The van der Waals surface area contributed by atoms with Crippen LogP contribution >= 0.6 is 0 Å². The summed E-state index contributed by atoms with van der Waals surface area (Å²) >= 11 is 0. The summed E-state index contributed by atoms with van der Waals surface area (Å²) in [7, 11) is -2.83. The predicted octanol–water partition coefficient (Wildman–Crippen LogP) is 1.50. The third-order valence-electron chi connectivity index (χ3n) is 6.76. The SMILES string of the molecule is CCC(=O)[C@@H]1C[C@]2(CN1CC)C(C)(C)C21CS(=O)(=O)C1. The number of carbonyl (C=O) groups excluding carboxylic acids is 1. The maximum absolute atomic E-state index is 12.2. The first-order valence-electron chi connectivity index (χ1n) is 7.63. The van der Waals surface area contributed by atoms with E-state index in [0.717, 1.165) is 19.5 Å². The number of likely N-dealkylation sites (tertiary alicyclic amines) is 1. The molecule has 20 heavy (non-hydrogen) atoms. The van der Waals surface area contributed by atoms with E-state index >= 15 is 0 Å². The molecule has 2 saturated heterocycles. The number of sulfone groups is 1. The Morgan fingerprint density at radius 2 is 1.80 bits per heavy atom. The molecule has 114 valence electrons. The van der Waals surface area contributed by atoms with Gasteiger partial charge in [-0.15, -0.1) is 0 Å². The molecule has 0 unspecified atom stereocenters. The number of rotatable bonds is 3. The summed E-state index contributed by atoms with van der Waals surface area (Å²) in [5, 5.41) is 0. The molecule has 2 spiro atoms. The van der Waals surface area contributed by atoms with Crippen molar-refractivity contribution in [2.24, 2.45) is 16.2 Å². The molecule has 0 aromatic rings. The Balaban J connectivity index is 1.91. The third kappa shape index (κ3) is 1.41. The Morgan fingerprint density at radius 1 is 1.20 bits per heavy atom. The largest absolute Gasteiger partial charge is 0.298 e. The Labute approximate surface area is 121 Å².